The van der Waals surface area contributed by atoms with Crippen LogP contribution < -0.4 is 5.32 Å². The second-order valence-electron chi connectivity index (χ2n) is 4.40. The molecule has 90 valence electrons. The molecule has 0 bridgehead atoms. The molecular formula is C13H16N2S2. The van der Waals surface area contributed by atoms with Crippen LogP contribution in [0.2, 0.25) is 0 Å². The fraction of sp³-hybridized carbons (Fsp3) is 0.462. The topological polar surface area (TPSA) is 24.9 Å². The molecule has 0 unspecified atom stereocenters. The third-order valence-corrected chi connectivity index (χ3v) is 5.03. The van der Waals surface area contributed by atoms with Gasteiger partial charge in [-0.2, -0.15) is 0 Å². The summed E-state index contributed by atoms with van der Waals surface area (Å²) < 4.78 is 0. The summed E-state index contributed by atoms with van der Waals surface area (Å²) in [5.74, 6) is 0. The molecule has 2 aromatic rings. The summed E-state index contributed by atoms with van der Waals surface area (Å²) in [6.45, 7) is 3.13. The smallest absolute Gasteiger partial charge is 0.107 e. The first-order valence-corrected chi connectivity index (χ1v) is 7.81. The molecule has 0 saturated heterocycles. The molecule has 0 aromatic carbocycles. The minimum Gasteiger partial charge on any atom is -0.308 e. The lowest BCUT2D eigenvalue weighted by atomic mass is 10.3. The van der Waals surface area contributed by atoms with E-state index in [0.29, 0.717) is 0 Å². The molecule has 1 saturated carbocycles. The number of rotatable bonds is 5. The van der Waals surface area contributed by atoms with Crippen LogP contribution in [-0.4, -0.2) is 11.0 Å². The number of hydrogen-bond acceptors (Lipinski definition) is 4. The maximum absolute atomic E-state index is 4.69. The first kappa shape index (κ1) is 11.4. The van der Waals surface area contributed by atoms with E-state index in [1.54, 1.807) is 11.3 Å². The Morgan fingerprint density at radius 1 is 1.41 bits per heavy atom. The maximum Gasteiger partial charge on any atom is 0.107 e. The molecule has 1 aliphatic carbocycles. The average molecular weight is 264 g/mol. The molecule has 0 aliphatic heterocycles. The highest BCUT2D eigenvalue weighted by Gasteiger charge is 2.20. The molecule has 3 rings (SSSR count). The van der Waals surface area contributed by atoms with Gasteiger partial charge in [-0.1, -0.05) is 6.92 Å². The zero-order valence-electron chi connectivity index (χ0n) is 9.90. The van der Waals surface area contributed by atoms with Gasteiger partial charge in [0.15, 0.2) is 0 Å². The normalized spacial score (nSPS) is 15.4. The van der Waals surface area contributed by atoms with E-state index in [4.69, 9.17) is 4.98 Å². The predicted octanol–water partition coefficient (Wildman–Crippen LogP) is 3.69. The van der Waals surface area contributed by atoms with Crippen molar-refractivity contribution >= 4 is 22.7 Å². The molecule has 0 spiro atoms. The Hall–Kier alpha value is -0.710. The molecule has 1 fully saturated rings. The van der Waals surface area contributed by atoms with Gasteiger partial charge in [-0.05, 0) is 31.4 Å². The van der Waals surface area contributed by atoms with Crippen molar-refractivity contribution in [2.75, 3.05) is 0 Å². The maximum atomic E-state index is 4.69. The number of hydrogen-bond donors (Lipinski definition) is 1. The second-order valence-corrected chi connectivity index (χ2v) is 6.51. The summed E-state index contributed by atoms with van der Waals surface area (Å²) in [4.78, 5) is 7.43. The molecule has 0 radical (unpaired) electrons. The van der Waals surface area contributed by atoms with Gasteiger partial charge >= 0.3 is 0 Å². The monoisotopic (exact) mass is 264 g/mol. The molecule has 17 heavy (non-hydrogen) atoms. The van der Waals surface area contributed by atoms with Crippen molar-refractivity contribution < 1.29 is 0 Å². The number of nitrogens with zero attached hydrogens (tertiary/aromatic N) is 1. The zero-order valence-corrected chi connectivity index (χ0v) is 11.5. The molecule has 1 N–H and O–H groups in total. The zero-order chi connectivity index (χ0) is 11.7. The van der Waals surface area contributed by atoms with Crippen LogP contribution in [-0.2, 0) is 13.0 Å². The molecule has 4 heteroatoms. The van der Waals surface area contributed by atoms with Crippen molar-refractivity contribution in [1.29, 1.82) is 0 Å². The minimum absolute atomic E-state index is 0.760. The van der Waals surface area contributed by atoms with Crippen molar-refractivity contribution in [3.05, 3.63) is 27.4 Å². The lowest BCUT2D eigenvalue weighted by Gasteiger charge is -1.96. The van der Waals surface area contributed by atoms with Crippen molar-refractivity contribution in [2.45, 2.75) is 38.8 Å². The van der Waals surface area contributed by atoms with Crippen molar-refractivity contribution in [3.8, 4) is 10.6 Å². The van der Waals surface area contributed by atoms with E-state index in [-0.39, 0.29) is 0 Å². The van der Waals surface area contributed by atoms with E-state index >= 15 is 0 Å². The summed E-state index contributed by atoms with van der Waals surface area (Å²) in [6.07, 6.45) is 3.79. The third-order valence-electron chi connectivity index (χ3n) is 2.93. The lowest BCUT2D eigenvalue weighted by Crippen LogP contribution is -2.14. The van der Waals surface area contributed by atoms with Crippen LogP contribution >= 0.6 is 22.7 Å². The number of thiophene rings is 1. The average Bonchev–Trinajstić information content (AvgIpc) is 2.89. The van der Waals surface area contributed by atoms with E-state index < -0.39 is 0 Å². The van der Waals surface area contributed by atoms with Gasteiger partial charge in [0, 0.05) is 22.8 Å². The first-order valence-electron chi connectivity index (χ1n) is 6.12. The largest absolute Gasteiger partial charge is 0.308 e. The Morgan fingerprint density at radius 3 is 3.00 bits per heavy atom. The number of thiazole rings is 1. The van der Waals surface area contributed by atoms with E-state index in [1.807, 2.05) is 11.3 Å². The van der Waals surface area contributed by atoms with Crippen LogP contribution in [0.1, 0.15) is 29.7 Å². The van der Waals surface area contributed by atoms with Gasteiger partial charge < -0.3 is 5.32 Å². The van der Waals surface area contributed by atoms with Crippen LogP contribution in [0.4, 0.5) is 0 Å². The molecule has 1 aliphatic rings. The molecule has 0 atom stereocenters. The summed E-state index contributed by atoms with van der Waals surface area (Å²) in [5.41, 5.74) is 1.15. The van der Waals surface area contributed by atoms with Crippen LogP contribution in [0.3, 0.4) is 0 Å². The highest BCUT2D eigenvalue weighted by molar-refractivity contribution is 7.16. The van der Waals surface area contributed by atoms with Crippen LogP contribution in [0.25, 0.3) is 10.6 Å². The fourth-order valence-corrected chi connectivity index (χ4v) is 3.46. The third kappa shape index (κ3) is 2.76. The van der Waals surface area contributed by atoms with Gasteiger partial charge in [-0.15, -0.1) is 22.7 Å². The van der Waals surface area contributed by atoms with Crippen molar-refractivity contribution in [3.63, 3.8) is 0 Å². The van der Waals surface area contributed by atoms with Gasteiger partial charge in [0.25, 0.3) is 0 Å². The quantitative estimate of drug-likeness (QED) is 0.891. The predicted molar refractivity (Wildman–Crippen MR) is 74.7 cm³/mol. The number of aromatic nitrogens is 1. The minimum atomic E-state index is 0.760. The van der Waals surface area contributed by atoms with E-state index in [1.165, 1.54) is 27.6 Å². The van der Waals surface area contributed by atoms with E-state index in [0.717, 1.165) is 24.7 Å². The summed E-state index contributed by atoms with van der Waals surface area (Å²) in [6, 6.07) is 5.16. The summed E-state index contributed by atoms with van der Waals surface area (Å²) in [7, 11) is 0. The summed E-state index contributed by atoms with van der Waals surface area (Å²) in [5, 5.41) is 6.89. The highest BCUT2D eigenvalue weighted by Crippen LogP contribution is 2.29. The molecule has 0 amide bonds. The lowest BCUT2D eigenvalue weighted by molar-refractivity contribution is 0.685. The highest BCUT2D eigenvalue weighted by atomic mass is 32.1. The van der Waals surface area contributed by atoms with Crippen molar-refractivity contribution in [2.24, 2.45) is 0 Å². The standard InChI is InChI=1S/C13H16N2S2/c1-2-10-5-6-12(17-10)11-8-16-13(15-11)7-14-9-3-4-9/h5-6,8-9,14H,2-4,7H2,1H3. The Balaban J connectivity index is 1.69. The van der Waals surface area contributed by atoms with Gasteiger partial charge in [0.1, 0.15) is 5.01 Å². The Labute approximate surface area is 110 Å². The van der Waals surface area contributed by atoms with Gasteiger partial charge in [-0.3, -0.25) is 0 Å². The molecule has 2 heterocycles. The Kier molecular flexibility index (Phi) is 3.27. The van der Waals surface area contributed by atoms with Crippen LogP contribution in [0.5, 0.6) is 0 Å². The summed E-state index contributed by atoms with van der Waals surface area (Å²) >= 11 is 3.62. The van der Waals surface area contributed by atoms with Gasteiger partial charge in [-0.25, -0.2) is 4.98 Å². The number of aryl methyl sites for hydroxylation is 1. The first-order chi connectivity index (χ1) is 8.35. The van der Waals surface area contributed by atoms with E-state index in [2.05, 4.69) is 29.8 Å². The Bertz CT molecular complexity index is 497. The fourth-order valence-electron chi connectivity index (χ4n) is 1.73. The van der Waals surface area contributed by atoms with Crippen LogP contribution in [0, 0.1) is 0 Å². The van der Waals surface area contributed by atoms with Gasteiger partial charge in [0.05, 0.1) is 10.6 Å². The second kappa shape index (κ2) is 4.88. The molecule has 2 aromatic heterocycles. The SMILES string of the molecule is CCc1ccc(-c2csc(CNC3CC3)n2)s1. The number of nitrogens with one attached hydrogen (secondary N) is 1. The molecule has 2 nitrogen and oxygen atoms in total. The van der Waals surface area contributed by atoms with Crippen molar-refractivity contribution in [1.82, 2.24) is 10.3 Å². The van der Waals surface area contributed by atoms with Gasteiger partial charge in [0.2, 0.25) is 0 Å². The van der Waals surface area contributed by atoms with Crippen LogP contribution in [0.15, 0.2) is 17.5 Å². The molecular weight excluding hydrogens is 248 g/mol. The van der Waals surface area contributed by atoms with E-state index in [9.17, 15) is 0 Å². The Morgan fingerprint density at radius 2 is 2.29 bits per heavy atom.